The Balaban J connectivity index is 2.20. The van der Waals surface area contributed by atoms with E-state index in [9.17, 15) is 14.7 Å². The molecule has 1 fully saturated rings. The van der Waals surface area contributed by atoms with Crippen LogP contribution in [0.25, 0.3) is 0 Å². The topological polar surface area (TPSA) is 69.6 Å². The average Bonchev–Trinajstić information content (AvgIpc) is 2.76. The van der Waals surface area contributed by atoms with E-state index >= 15 is 0 Å². The lowest BCUT2D eigenvalue weighted by molar-refractivity contribution is -0.119. The Morgan fingerprint density at radius 2 is 2.11 bits per heavy atom. The molecule has 5 heteroatoms. The van der Waals surface area contributed by atoms with Crippen molar-refractivity contribution >= 4 is 12.0 Å². The fourth-order valence-corrected chi connectivity index (χ4v) is 2.32. The third-order valence-corrected chi connectivity index (χ3v) is 3.27. The quantitative estimate of drug-likeness (QED) is 0.854. The largest absolute Gasteiger partial charge is 0.465 e. The minimum absolute atomic E-state index is 0.0912. The second-order valence-corrected chi connectivity index (χ2v) is 4.44. The standard InChI is InChI=1S/C13H16N2O3/c1-9(10-5-3-2-4-6-10)15(13(17)18)11-7-12(16)14-8-11/h2-6,9,11H,7-8H2,1H3,(H,14,16)(H,17,18)/t9-,11-/m1/s1. The van der Waals surface area contributed by atoms with Gasteiger partial charge in [-0.25, -0.2) is 4.79 Å². The molecule has 96 valence electrons. The molecule has 2 N–H and O–H groups in total. The first kappa shape index (κ1) is 12.4. The lowest BCUT2D eigenvalue weighted by Gasteiger charge is -2.31. The van der Waals surface area contributed by atoms with Crippen molar-refractivity contribution < 1.29 is 14.7 Å². The monoisotopic (exact) mass is 248 g/mol. The fourth-order valence-electron chi connectivity index (χ4n) is 2.32. The number of amides is 2. The van der Waals surface area contributed by atoms with Crippen molar-refractivity contribution in [1.82, 2.24) is 10.2 Å². The number of nitrogens with one attached hydrogen (secondary N) is 1. The summed E-state index contributed by atoms with van der Waals surface area (Å²) in [5, 5.41) is 12.0. The van der Waals surface area contributed by atoms with Gasteiger partial charge in [0.2, 0.25) is 5.91 Å². The Morgan fingerprint density at radius 1 is 1.44 bits per heavy atom. The highest BCUT2D eigenvalue weighted by Crippen LogP contribution is 2.25. The van der Waals surface area contributed by atoms with E-state index < -0.39 is 6.09 Å². The van der Waals surface area contributed by atoms with Crippen LogP contribution in [-0.2, 0) is 4.79 Å². The molecule has 1 aromatic rings. The van der Waals surface area contributed by atoms with Gasteiger partial charge in [0.15, 0.2) is 0 Å². The molecule has 0 spiro atoms. The van der Waals surface area contributed by atoms with E-state index in [-0.39, 0.29) is 24.4 Å². The third kappa shape index (κ3) is 2.45. The summed E-state index contributed by atoms with van der Waals surface area (Å²) in [4.78, 5) is 24.0. The molecule has 1 aliphatic heterocycles. The molecule has 0 saturated carbocycles. The predicted octanol–water partition coefficient (Wildman–Crippen LogP) is 1.62. The van der Waals surface area contributed by atoms with Gasteiger partial charge in [0.25, 0.3) is 0 Å². The second-order valence-electron chi connectivity index (χ2n) is 4.44. The van der Waals surface area contributed by atoms with Gasteiger partial charge >= 0.3 is 6.09 Å². The molecule has 2 rings (SSSR count). The molecule has 0 bridgehead atoms. The number of carbonyl (C=O) groups excluding carboxylic acids is 1. The van der Waals surface area contributed by atoms with Crippen LogP contribution < -0.4 is 5.32 Å². The highest BCUT2D eigenvalue weighted by Gasteiger charge is 2.34. The smallest absolute Gasteiger partial charge is 0.408 e. The van der Waals surface area contributed by atoms with Gasteiger partial charge in [0.1, 0.15) is 0 Å². The Hall–Kier alpha value is -2.04. The van der Waals surface area contributed by atoms with Gasteiger partial charge in [-0.2, -0.15) is 0 Å². The van der Waals surface area contributed by atoms with Gasteiger partial charge in [-0.1, -0.05) is 30.3 Å². The molecule has 1 saturated heterocycles. The third-order valence-electron chi connectivity index (χ3n) is 3.27. The Labute approximate surface area is 105 Å². The van der Waals surface area contributed by atoms with Crippen molar-refractivity contribution in [2.75, 3.05) is 6.54 Å². The minimum atomic E-state index is -0.993. The van der Waals surface area contributed by atoms with Gasteiger partial charge in [-0.15, -0.1) is 0 Å². The van der Waals surface area contributed by atoms with Crippen molar-refractivity contribution in [2.24, 2.45) is 0 Å². The summed E-state index contributed by atoms with van der Waals surface area (Å²) in [6.45, 7) is 2.23. The molecule has 1 aromatic carbocycles. The number of hydrogen-bond acceptors (Lipinski definition) is 2. The summed E-state index contributed by atoms with van der Waals surface area (Å²) < 4.78 is 0. The van der Waals surface area contributed by atoms with Gasteiger partial charge in [0.05, 0.1) is 12.1 Å². The van der Waals surface area contributed by atoms with E-state index in [2.05, 4.69) is 5.32 Å². The Kier molecular flexibility index (Phi) is 3.50. The summed E-state index contributed by atoms with van der Waals surface area (Å²) in [6, 6.07) is 8.89. The predicted molar refractivity (Wildman–Crippen MR) is 66.1 cm³/mol. The van der Waals surface area contributed by atoms with Crippen molar-refractivity contribution in [3.63, 3.8) is 0 Å². The molecule has 18 heavy (non-hydrogen) atoms. The lowest BCUT2D eigenvalue weighted by Crippen LogP contribution is -2.42. The molecule has 1 aliphatic rings. The van der Waals surface area contributed by atoms with Crippen LogP contribution in [0.15, 0.2) is 30.3 Å². The SMILES string of the molecule is C[C@H](c1ccccc1)N(C(=O)O)[C@H]1CNC(=O)C1. The van der Waals surface area contributed by atoms with Gasteiger partial charge < -0.3 is 10.4 Å². The minimum Gasteiger partial charge on any atom is -0.465 e. The summed E-state index contributed by atoms with van der Waals surface area (Å²) in [7, 11) is 0. The Morgan fingerprint density at radius 3 is 2.61 bits per heavy atom. The van der Waals surface area contributed by atoms with E-state index in [0.29, 0.717) is 6.54 Å². The van der Waals surface area contributed by atoms with E-state index in [4.69, 9.17) is 0 Å². The van der Waals surface area contributed by atoms with Crippen LogP contribution in [0.3, 0.4) is 0 Å². The van der Waals surface area contributed by atoms with Crippen molar-refractivity contribution in [3.05, 3.63) is 35.9 Å². The average molecular weight is 248 g/mol. The number of hydrogen-bond donors (Lipinski definition) is 2. The van der Waals surface area contributed by atoms with Crippen LogP contribution in [0.2, 0.25) is 0 Å². The van der Waals surface area contributed by atoms with E-state index in [1.54, 1.807) is 0 Å². The Bertz CT molecular complexity index is 447. The number of rotatable bonds is 3. The van der Waals surface area contributed by atoms with Gasteiger partial charge in [-0.3, -0.25) is 9.69 Å². The normalized spacial score (nSPS) is 20.3. The zero-order chi connectivity index (χ0) is 13.1. The lowest BCUT2D eigenvalue weighted by atomic mass is 10.0. The van der Waals surface area contributed by atoms with Crippen LogP contribution in [-0.4, -0.2) is 34.6 Å². The molecule has 2 amide bonds. The second kappa shape index (κ2) is 5.08. The van der Waals surface area contributed by atoms with Gasteiger partial charge in [0, 0.05) is 13.0 Å². The summed E-state index contributed by atoms with van der Waals surface area (Å²) in [5.41, 5.74) is 0.930. The molecule has 5 nitrogen and oxygen atoms in total. The molecule has 2 atom stereocenters. The maximum Gasteiger partial charge on any atom is 0.408 e. The molecule has 0 aromatic heterocycles. The zero-order valence-electron chi connectivity index (χ0n) is 10.2. The fraction of sp³-hybridized carbons (Fsp3) is 0.385. The summed E-state index contributed by atoms with van der Waals surface area (Å²) >= 11 is 0. The van der Waals surface area contributed by atoms with Gasteiger partial charge in [-0.05, 0) is 12.5 Å². The first-order valence-electron chi connectivity index (χ1n) is 5.92. The highest BCUT2D eigenvalue weighted by molar-refractivity contribution is 5.80. The molecular formula is C13H16N2O3. The van der Waals surface area contributed by atoms with Crippen molar-refractivity contribution in [2.45, 2.75) is 25.4 Å². The summed E-state index contributed by atoms with van der Waals surface area (Å²) in [5.74, 6) is -0.0912. The van der Waals surface area contributed by atoms with E-state index in [1.165, 1.54) is 4.90 Å². The van der Waals surface area contributed by atoms with Crippen LogP contribution in [0.4, 0.5) is 4.79 Å². The summed E-state index contributed by atoms with van der Waals surface area (Å²) in [6.07, 6.45) is -0.753. The first-order chi connectivity index (χ1) is 8.59. The first-order valence-corrected chi connectivity index (χ1v) is 5.92. The molecule has 0 aliphatic carbocycles. The maximum absolute atomic E-state index is 11.4. The number of carboxylic acid groups (broad SMARTS) is 1. The van der Waals surface area contributed by atoms with Crippen LogP contribution in [0.5, 0.6) is 0 Å². The van der Waals surface area contributed by atoms with E-state index in [1.807, 2.05) is 37.3 Å². The highest BCUT2D eigenvalue weighted by atomic mass is 16.4. The van der Waals surface area contributed by atoms with E-state index in [0.717, 1.165) is 5.56 Å². The van der Waals surface area contributed by atoms with Crippen molar-refractivity contribution in [3.8, 4) is 0 Å². The zero-order valence-corrected chi connectivity index (χ0v) is 10.2. The van der Waals surface area contributed by atoms with Crippen LogP contribution in [0.1, 0.15) is 24.9 Å². The maximum atomic E-state index is 11.4. The molecule has 0 unspecified atom stereocenters. The molecule has 0 radical (unpaired) electrons. The van der Waals surface area contributed by atoms with Crippen LogP contribution >= 0.6 is 0 Å². The number of nitrogens with zero attached hydrogens (tertiary/aromatic N) is 1. The molecule has 1 heterocycles. The number of carbonyl (C=O) groups is 2. The molecular weight excluding hydrogens is 232 g/mol. The number of benzene rings is 1. The van der Waals surface area contributed by atoms with Crippen molar-refractivity contribution in [1.29, 1.82) is 0 Å². The van der Waals surface area contributed by atoms with Crippen LogP contribution in [0, 0.1) is 0 Å².